The van der Waals surface area contributed by atoms with Crippen LogP contribution in [0.25, 0.3) is 0 Å². The van der Waals surface area contributed by atoms with E-state index in [1.54, 1.807) is 0 Å². The molecule has 0 saturated carbocycles. The van der Waals surface area contributed by atoms with E-state index in [0.29, 0.717) is 12.2 Å². The first-order valence-corrected chi connectivity index (χ1v) is 13.4. The topological polar surface area (TPSA) is 6.48 Å². The Morgan fingerprint density at radius 2 is 1.03 bits per heavy atom. The van der Waals surface area contributed by atoms with Gasteiger partial charge in [0.15, 0.2) is 0 Å². The summed E-state index contributed by atoms with van der Waals surface area (Å²) in [5.74, 6) is 0. The molecule has 2 heteroatoms. The highest BCUT2D eigenvalue weighted by Gasteiger charge is 2.26. The van der Waals surface area contributed by atoms with Crippen molar-refractivity contribution in [1.29, 1.82) is 0 Å². The summed E-state index contributed by atoms with van der Waals surface area (Å²) in [5.41, 5.74) is 0. The van der Waals surface area contributed by atoms with Gasteiger partial charge in [-0.2, -0.15) is 0 Å². The maximum atomic E-state index is 2.64. The standard InChI is InChI=1S/C27H54N2/c1-5-7-9-11-13-14-15-17-19-21-23-28-24-25-29(26(3)4)27(28)22-20-18-16-12-10-8-6-2/h24-27H,5-23H2,1-4H3. The van der Waals surface area contributed by atoms with Crippen LogP contribution in [0.15, 0.2) is 12.4 Å². The maximum absolute atomic E-state index is 2.64. The minimum atomic E-state index is 0.610. The Bertz CT molecular complexity index is 377. The lowest BCUT2D eigenvalue weighted by molar-refractivity contribution is 0.114. The van der Waals surface area contributed by atoms with Gasteiger partial charge < -0.3 is 9.80 Å². The van der Waals surface area contributed by atoms with Crippen LogP contribution in [0.5, 0.6) is 0 Å². The van der Waals surface area contributed by atoms with Gasteiger partial charge >= 0.3 is 0 Å². The van der Waals surface area contributed by atoms with Gasteiger partial charge in [-0.3, -0.25) is 0 Å². The normalized spacial score (nSPS) is 16.5. The van der Waals surface area contributed by atoms with Gasteiger partial charge in [-0.25, -0.2) is 0 Å². The quantitative estimate of drug-likeness (QED) is 0.186. The van der Waals surface area contributed by atoms with E-state index in [-0.39, 0.29) is 0 Å². The van der Waals surface area contributed by atoms with Gasteiger partial charge in [-0.05, 0) is 33.1 Å². The van der Waals surface area contributed by atoms with Crippen molar-refractivity contribution >= 4 is 0 Å². The van der Waals surface area contributed by atoms with E-state index in [4.69, 9.17) is 0 Å². The highest BCUT2D eigenvalue weighted by molar-refractivity contribution is 4.98. The average Bonchev–Trinajstić information content (AvgIpc) is 3.11. The second-order valence-corrected chi connectivity index (χ2v) is 9.65. The van der Waals surface area contributed by atoms with Crippen LogP contribution in [0.2, 0.25) is 0 Å². The molecule has 0 spiro atoms. The molecule has 1 atom stereocenters. The molecule has 2 nitrogen and oxygen atoms in total. The molecule has 172 valence electrons. The third-order valence-corrected chi connectivity index (χ3v) is 6.59. The van der Waals surface area contributed by atoms with E-state index in [0.717, 1.165) is 0 Å². The molecule has 0 fully saturated rings. The van der Waals surface area contributed by atoms with Gasteiger partial charge in [0.25, 0.3) is 0 Å². The lowest BCUT2D eigenvalue weighted by Gasteiger charge is -2.35. The van der Waals surface area contributed by atoms with Crippen LogP contribution in [0.4, 0.5) is 0 Å². The highest BCUT2D eigenvalue weighted by atomic mass is 15.4. The molecule has 0 bridgehead atoms. The molecule has 0 aromatic carbocycles. The largest absolute Gasteiger partial charge is 0.356 e. The molecule has 0 N–H and O–H groups in total. The lowest BCUT2D eigenvalue weighted by Crippen LogP contribution is -2.42. The van der Waals surface area contributed by atoms with Crippen molar-refractivity contribution in [3.63, 3.8) is 0 Å². The Balaban J connectivity index is 2.14. The summed E-state index contributed by atoms with van der Waals surface area (Å²) < 4.78 is 0. The molecule has 0 saturated heterocycles. The first kappa shape index (κ1) is 26.4. The number of unbranched alkanes of at least 4 members (excludes halogenated alkanes) is 15. The van der Waals surface area contributed by atoms with E-state index in [2.05, 4.69) is 49.9 Å². The Morgan fingerprint density at radius 3 is 1.52 bits per heavy atom. The van der Waals surface area contributed by atoms with Crippen molar-refractivity contribution in [2.45, 2.75) is 155 Å². The molecule has 1 aliphatic heterocycles. The Morgan fingerprint density at radius 1 is 0.586 bits per heavy atom. The molecule has 0 aromatic rings. The minimum absolute atomic E-state index is 0.610. The zero-order valence-electron chi connectivity index (χ0n) is 20.6. The third kappa shape index (κ3) is 12.6. The van der Waals surface area contributed by atoms with Gasteiger partial charge in [0.2, 0.25) is 0 Å². The predicted octanol–water partition coefficient (Wildman–Crippen LogP) is 8.87. The summed E-state index contributed by atoms with van der Waals surface area (Å²) in [4.78, 5) is 5.23. The number of hydrogen-bond donors (Lipinski definition) is 0. The molecule has 29 heavy (non-hydrogen) atoms. The van der Waals surface area contributed by atoms with Gasteiger partial charge in [0.05, 0.1) is 0 Å². The molecule has 0 radical (unpaired) electrons. The lowest BCUT2D eigenvalue weighted by atomic mass is 10.1. The van der Waals surface area contributed by atoms with Crippen LogP contribution in [-0.2, 0) is 0 Å². The number of hydrogen-bond acceptors (Lipinski definition) is 2. The van der Waals surface area contributed by atoms with Crippen LogP contribution < -0.4 is 0 Å². The fourth-order valence-corrected chi connectivity index (χ4v) is 4.65. The Kier molecular flexibility index (Phi) is 16.5. The molecule has 1 aliphatic rings. The smallest absolute Gasteiger partial charge is 0.101 e. The van der Waals surface area contributed by atoms with Crippen LogP contribution >= 0.6 is 0 Å². The fourth-order valence-electron chi connectivity index (χ4n) is 4.65. The van der Waals surface area contributed by atoms with Crippen molar-refractivity contribution in [2.24, 2.45) is 0 Å². The number of nitrogens with zero attached hydrogens (tertiary/aromatic N) is 2. The predicted molar refractivity (Wildman–Crippen MR) is 131 cm³/mol. The average molecular weight is 407 g/mol. The third-order valence-electron chi connectivity index (χ3n) is 6.59. The monoisotopic (exact) mass is 406 g/mol. The zero-order chi connectivity index (χ0) is 21.2. The molecule has 0 aromatic heterocycles. The van der Waals surface area contributed by atoms with Crippen molar-refractivity contribution in [3.05, 3.63) is 12.4 Å². The van der Waals surface area contributed by atoms with Crippen LogP contribution in [0, 0.1) is 0 Å². The second-order valence-electron chi connectivity index (χ2n) is 9.65. The second kappa shape index (κ2) is 18.1. The van der Waals surface area contributed by atoms with Crippen molar-refractivity contribution in [1.82, 2.24) is 9.80 Å². The van der Waals surface area contributed by atoms with Crippen molar-refractivity contribution < 1.29 is 0 Å². The summed E-state index contributed by atoms with van der Waals surface area (Å²) in [7, 11) is 0. The van der Waals surface area contributed by atoms with E-state index in [9.17, 15) is 0 Å². The van der Waals surface area contributed by atoms with E-state index in [1.165, 1.54) is 122 Å². The fraction of sp³-hybridized carbons (Fsp3) is 0.926. The molecule has 1 unspecified atom stereocenters. The molecular weight excluding hydrogens is 352 g/mol. The molecule has 1 heterocycles. The van der Waals surface area contributed by atoms with Crippen molar-refractivity contribution in [3.8, 4) is 0 Å². The van der Waals surface area contributed by atoms with Crippen molar-refractivity contribution in [2.75, 3.05) is 6.54 Å². The zero-order valence-corrected chi connectivity index (χ0v) is 20.6. The molecule has 0 amide bonds. The Labute approximate surface area is 184 Å². The minimum Gasteiger partial charge on any atom is -0.356 e. The van der Waals surface area contributed by atoms with E-state index < -0.39 is 0 Å². The van der Waals surface area contributed by atoms with E-state index in [1.807, 2.05) is 0 Å². The summed E-state index contributed by atoms with van der Waals surface area (Å²) in [5, 5.41) is 0. The van der Waals surface area contributed by atoms with Crippen LogP contribution in [0.3, 0.4) is 0 Å². The molecular formula is C27H54N2. The van der Waals surface area contributed by atoms with Gasteiger partial charge in [-0.1, -0.05) is 110 Å². The number of rotatable bonds is 20. The van der Waals surface area contributed by atoms with Gasteiger partial charge in [-0.15, -0.1) is 0 Å². The van der Waals surface area contributed by atoms with Gasteiger partial charge in [0, 0.05) is 25.0 Å². The Hall–Kier alpha value is -0.660. The first-order valence-electron chi connectivity index (χ1n) is 13.4. The maximum Gasteiger partial charge on any atom is 0.101 e. The molecule has 0 aliphatic carbocycles. The first-order chi connectivity index (χ1) is 14.2. The molecule has 1 rings (SSSR count). The summed E-state index contributed by atoms with van der Waals surface area (Å²) in [6, 6.07) is 0.610. The van der Waals surface area contributed by atoms with Gasteiger partial charge in [0.1, 0.15) is 6.17 Å². The SMILES string of the molecule is CCCCCCCCCCCCN1C=CN(C(C)C)C1CCCCCCCCC. The van der Waals surface area contributed by atoms with Crippen LogP contribution in [0.1, 0.15) is 143 Å². The summed E-state index contributed by atoms with van der Waals surface area (Å²) >= 11 is 0. The van der Waals surface area contributed by atoms with Crippen LogP contribution in [-0.4, -0.2) is 28.6 Å². The summed E-state index contributed by atoms with van der Waals surface area (Å²) in [6.07, 6.45) is 30.8. The van der Waals surface area contributed by atoms with E-state index >= 15 is 0 Å². The summed E-state index contributed by atoms with van der Waals surface area (Å²) in [6.45, 7) is 10.5. The highest BCUT2D eigenvalue weighted by Crippen LogP contribution is 2.24.